The van der Waals surface area contributed by atoms with Crippen molar-refractivity contribution < 1.29 is 13.9 Å². The fourth-order valence-corrected chi connectivity index (χ4v) is 2.55. The van der Waals surface area contributed by atoms with Crippen molar-refractivity contribution in [1.29, 1.82) is 0 Å². The average Bonchev–Trinajstić information content (AvgIpc) is 3.15. The second-order valence-electron chi connectivity index (χ2n) is 5.18. The lowest BCUT2D eigenvalue weighted by Crippen LogP contribution is -2.09. The number of ether oxygens (including phenoxy) is 1. The van der Waals surface area contributed by atoms with E-state index in [1.54, 1.807) is 42.5 Å². The zero-order valence-electron chi connectivity index (χ0n) is 12.7. The monoisotopic (exact) mass is 298 g/mol. The van der Waals surface area contributed by atoms with Crippen molar-refractivity contribution in [2.75, 3.05) is 7.11 Å². The second kappa shape index (κ2) is 6.05. The highest BCUT2D eigenvalue weighted by atomic mass is 16.5. The lowest BCUT2D eigenvalue weighted by molar-refractivity contribution is 0.0973. The van der Waals surface area contributed by atoms with E-state index in [4.69, 9.17) is 9.15 Å². The number of fused-ring (bicyclic) bond motifs is 1. The number of rotatable bonds is 6. The fourth-order valence-electron chi connectivity index (χ4n) is 2.55. The molecular weight excluding hydrogens is 280 g/mol. The minimum Gasteiger partial charge on any atom is -0.493 e. The molecule has 5 nitrogen and oxygen atoms in total. The van der Waals surface area contributed by atoms with Crippen LogP contribution in [0.4, 0.5) is 0 Å². The molecule has 22 heavy (non-hydrogen) atoms. The van der Waals surface area contributed by atoms with Crippen molar-refractivity contribution in [3.8, 4) is 5.75 Å². The zero-order chi connectivity index (χ0) is 15.5. The van der Waals surface area contributed by atoms with Crippen LogP contribution in [0.25, 0.3) is 11.0 Å². The molecule has 5 heteroatoms. The standard InChI is InChI=1S/C17H18N2O3/c1-3-4-12-9-14-13(5-6-16(21-2)17(14)22-12)15(20)10-19-8-7-18-11-19/h5-9,11H,3-4,10H2,1-2H3. The summed E-state index contributed by atoms with van der Waals surface area (Å²) in [5.74, 6) is 1.55. The van der Waals surface area contributed by atoms with E-state index in [0.717, 1.165) is 24.0 Å². The number of hydrogen-bond donors (Lipinski definition) is 0. The van der Waals surface area contributed by atoms with Crippen LogP contribution < -0.4 is 4.74 Å². The Balaban J connectivity index is 2.03. The van der Waals surface area contributed by atoms with Gasteiger partial charge in [0.2, 0.25) is 0 Å². The van der Waals surface area contributed by atoms with E-state index in [2.05, 4.69) is 11.9 Å². The van der Waals surface area contributed by atoms with Crippen molar-refractivity contribution in [2.24, 2.45) is 0 Å². The van der Waals surface area contributed by atoms with E-state index in [-0.39, 0.29) is 12.3 Å². The summed E-state index contributed by atoms with van der Waals surface area (Å²) in [7, 11) is 1.60. The van der Waals surface area contributed by atoms with Crippen LogP contribution in [0.2, 0.25) is 0 Å². The Kier molecular flexibility index (Phi) is 3.96. The maximum atomic E-state index is 12.6. The van der Waals surface area contributed by atoms with E-state index in [9.17, 15) is 4.79 Å². The third-order valence-corrected chi connectivity index (χ3v) is 3.60. The van der Waals surface area contributed by atoms with E-state index >= 15 is 0 Å². The molecule has 0 amide bonds. The lowest BCUT2D eigenvalue weighted by atomic mass is 10.0. The second-order valence-corrected chi connectivity index (χ2v) is 5.18. The topological polar surface area (TPSA) is 57.3 Å². The van der Waals surface area contributed by atoms with Gasteiger partial charge in [-0.2, -0.15) is 0 Å². The van der Waals surface area contributed by atoms with Gasteiger partial charge in [-0.25, -0.2) is 4.98 Å². The number of carbonyl (C=O) groups is 1. The number of Topliss-reactive ketones (excluding diaryl/α,β-unsaturated/α-hetero) is 1. The van der Waals surface area contributed by atoms with Crippen molar-refractivity contribution in [3.05, 3.63) is 48.2 Å². The maximum Gasteiger partial charge on any atom is 0.183 e. The SMILES string of the molecule is CCCc1cc2c(C(=O)Cn3ccnc3)ccc(OC)c2o1. The molecule has 0 N–H and O–H groups in total. The minimum absolute atomic E-state index is 0.0227. The molecule has 0 aliphatic carbocycles. The number of imidazole rings is 1. The molecule has 3 rings (SSSR count). The first-order valence-electron chi connectivity index (χ1n) is 7.31. The predicted octanol–water partition coefficient (Wildman–Crippen LogP) is 3.47. The number of hydrogen-bond acceptors (Lipinski definition) is 4. The van der Waals surface area contributed by atoms with Crippen LogP contribution in [-0.2, 0) is 13.0 Å². The molecule has 0 unspecified atom stereocenters. The maximum absolute atomic E-state index is 12.6. The smallest absolute Gasteiger partial charge is 0.183 e. The molecule has 0 saturated carbocycles. The summed E-state index contributed by atoms with van der Waals surface area (Å²) in [6.07, 6.45) is 6.90. The molecule has 0 bridgehead atoms. The normalized spacial score (nSPS) is 11.0. The highest BCUT2D eigenvalue weighted by Crippen LogP contribution is 2.32. The number of nitrogens with zero attached hydrogens (tertiary/aromatic N) is 2. The molecule has 0 fully saturated rings. The highest BCUT2D eigenvalue weighted by Gasteiger charge is 2.17. The first kappa shape index (κ1) is 14.4. The van der Waals surface area contributed by atoms with E-state index in [0.29, 0.717) is 16.9 Å². The van der Waals surface area contributed by atoms with Gasteiger partial charge in [0.25, 0.3) is 0 Å². The largest absolute Gasteiger partial charge is 0.493 e. The Morgan fingerprint density at radius 3 is 2.95 bits per heavy atom. The lowest BCUT2D eigenvalue weighted by Gasteiger charge is -2.06. The van der Waals surface area contributed by atoms with Crippen LogP contribution in [0.3, 0.4) is 0 Å². The third-order valence-electron chi connectivity index (χ3n) is 3.60. The molecule has 0 spiro atoms. The Hall–Kier alpha value is -2.56. The minimum atomic E-state index is 0.0227. The number of furan rings is 1. The van der Waals surface area contributed by atoms with Crippen LogP contribution in [-0.4, -0.2) is 22.4 Å². The number of aromatic nitrogens is 2. The predicted molar refractivity (Wildman–Crippen MR) is 83.3 cm³/mol. The molecule has 114 valence electrons. The van der Waals surface area contributed by atoms with E-state index in [1.165, 1.54) is 0 Å². The Bertz CT molecular complexity index is 788. The van der Waals surface area contributed by atoms with Gasteiger partial charge in [-0.05, 0) is 24.6 Å². The van der Waals surface area contributed by atoms with Crippen LogP contribution in [0, 0.1) is 0 Å². The molecule has 1 aromatic carbocycles. The van der Waals surface area contributed by atoms with Gasteiger partial charge in [-0.15, -0.1) is 0 Å². The molecule has 3 aromatic rings. The summed E-state index contributed by atoms with van der Waals surface area (Å²) in [5, 5.41) is 0.813. The summed E-state index contributed by atoms with van der Waals surface area (Å²) in [5.41, 5.74) is 1.29. The van der Waals surface area contributed by atoms with Crippen molar-refractivity contribution >= 4 is 16.8 Å². The summed E-state index contributed by atoms with van der Waals surface area (Å²) >= 11 is 0. The third kappa shape index (κ3) is 2.62. The molecule has 0 radical (unpaired) electrons. The molecule has 2 heterocycles. The van der Waals surface area contributed by atoms with Crippen LogP contribution in [0.1, 0.15) is 29.5 Å². The zero-order valence-corrected chi connectivity index (χ0v) is 12.7. The number of methoxy groups -OCH3 is 1. The first-order valence-corrected chi connectivity index (χ1v) is 7.31. The number of aryl methyl sites for hydroxylation is 1. The van der Waals surface area contributed by atoms with Crippen LogP contribution >= 0.6 is 0 Å². The van der Waals surface area contributed by atoms with Gasteiger partial charge < -0.3 is 13.7 Å². The first-order chi connectivity index (χ1) is 10.7. The Morgan fingerprint density at radius 2 is 2.27 bits per heavy atom. The summed E-state index contributed by atoms with van der Waals surface area (Å²) in [4.78, 5) is 16.5. The molecular formula is C17H18N2O3. The summed E-state index contributed by atoms with van der Waals surface area (Å²) in [6, 6.07) is 5.52. The van der Waals surface area contributed by atoms with Gasteiger partial charge >= 0.3 is 0 Å². The van der Waals surface area contributed by atoms with Gasteiger partial charge in [0.1, 0.15) is 5.76 Å². The fraction of sp³-hybridized carbons (Fsp3) is 0.294. The van der Waals surface area contributed by atoms with Gasteiger partial charge in [-0.1, -0.05) is 6.92 Å². The van der Waals surface area contributed by atoms with Crippen molar-refractivity contribution in [3.63, 3.8) is 0 Å². The summed E-state index contributed by atoms with van der Waals surface area (Å²) < 4.78 is 13.0. The molecule has 0 aliphatic heterocycles. The number of benzene rings is 1. The van der Waals surface area contributed by atoms with Gasteiger partial charge in [0.05, 0.1) is 20.0 Å². The van der Waals surface area contributed by atoms with Gasteiger partial charge in [0, 0.05) is 29.8 Å². The summed E-state index contributed by atoms with van der Waals surface area (Å²) in [6.45, 7) is 2.35. The Morgan fingerprint density at radius 1 is 1.41 bits per heavy atom. The molecule has 0 aliphatic rings. The molecule has 0 saturated heterocycles. The Labute approximate surface area is 128 Å². The van der Waals surface area contributed by atoms with Crippen LogP contribution in [0.5, 0.6) is 5.75 Å². The van der Waals surface area contributed by atoms with Crippen molar-refractivity contribution in [2.45, 2.75) is 26.3 Å². The van der Waals surface area contributed by atoms with Crippen LogP contribution in [0.15, 0.2) is 41.3 Å². The number of carbonyl (C=O) groups excluding carboxylic acids is 1. The van der Waals surface area contributed by atoms with E-state index < -0.39 is 0 Å². The quantitative estimate of drug-likeness (QED) is 0.654. The average molecular weight is 298 g/mol. The number of ketones is 1. The van der Waals surface area contributed by atoms with Crippen molar-refractivity contribution in [1.82, 2.24) is 9.55 Å². The van der Waals surface area contributed by atoms with Gasteiger partial charge in [0.15, 0.2) is 17.1 Å². The molecule has 2 aromatic heterocycles. The van der Waals surface area contributed by atoms with Gasteiger partial charge in [-0.3, -0.25) is 4.79 Å². The highest BCUT2D eigenvalue weighted by molar-refractivity contribution is 6.08. The molecule has 0 atom stereocenters. The van der Waals surface area contributed by atoms with E-state index in [1.807, 2.05) is 6.07 Å².